The SMILES string of the molecule is COc1ccc(CN(Cc2ncc(-c3ccccc3)[nH]2)C(=O)C(N)Cc2c(C)cc(C(N)=O)cc2C)cc1C(=O)O. The van der Waals surface area contributed by atoms with E-state index in [-0.39, 0.29) is 36.7 Å². The second-order valence-corrected chi connectivity index (χ2v) is 9.91. The monoisotopic (exact) mass is 555 g/mol. The van der Waals surface area contributed by atoms with Crippen LogP contribution < -0.4 is 16.2 Å². The van der Waals surface area contributed by atoms with Crippen molar-refractivity contribution in [3.63, 3.8) is 0 Å². The molecule has 0 saturated carbocycles. The molecule has 1 heterocycles. The van der Waals surface area contributed by atoms with Crippen LogP contribution in [0.3, 0.4) is 0 Å². The fourth-order valence-corrected chi connectivity index (χ4v) is 4.84. The predicted molar refractivity (Wildman–Crippen MR) is 154 cm³/mol. The van der Waals surface area contributed by atoms with E-state index in [1.165, 1.54) is 13.2 Å². The number of hydrogen-bond donors (Lipinski definition) is 4. The normalized spacial score (nSPS) is 11.6. The molecule has 0 saturated heterocycles. The van der Waals surface area contributed by atoms with E-state index >= 15 is 0 Å². The molecule has 212 valence electrons. The third-order valence-corrected chi connectivity index (χ3v) is 6.96. The Hall–Kier alpha value is -4.96. The Morgan fingerprint density at radius 1 is 1.02 bits per heavy atom. The minimum atomic E-state index is -1.14. The zero-order chi connectivity index (χ0) is 29.7. The van der Waals surface area contributed by atoms with E-state index in [0.29, 0.717) is 17.0 Å². The van der Waals surface area contributed by atoms with Crippen LogP contribution in [0.25, 0.3) is 11.3 Å². The average molecular weight is 556 g/mol. The number of imidazole rings is 1. The van der Waals surface area contributed by atoms with Gasteiger partial charge < -0.3 is 31.2 Å². The molecule has 4 aromatic rings. The standard InChI is InChI=1S/C31H33N5O5/c1-18-11-22(29(33)37)12-19(2)23(18)14-25(32)30(38)36(16-20-9-10-27(41-3)24(13-20)31(39)40)17-28-34-15-26(35-28)21-7-5-4-6-8-21/h4-13,15,25H,14,16-17,32H2,1-3H3,(H2,33,37)(H,34,35)(H,39,40). The summed E-state index contributed by atoms with van der Waals surface area (Å²) in [6.07, 6.45) is 1.94. The summed E-state index contributed by atoms with van der Waals surface area (Å²) in [5.74, 6) is -1.23. The van der Waals surface area contributed by atoms with Gasteiger partial charge in [-0.25, -0.2) is 9.78 Å². The van der Waals surface area contributed by atoms with Crippen LogP contribution in [0.4, 0.5) is 0 Å². The number of carbonyl (C=O) groups is 3. The molecule has 10 heteroatoms. The highest BCUT2D eigenvalue weighted by Crippen LogP contribution is 2.23. The molecule has 0 radical (unpaired) electrons. The van der Waals surface area contributed by atoms with Gasteiger partial charge >= 0.3 is 5.97 Å². The van der Waals surface area contributed by atoms with Crippen LogP contribution in [-0.2, 0) is 24.3 Å². The molecule has 0 aliphatic carbocycles. The topological polar surface area (TPSA) is 165 Å². The maximum Gasteiger partial charge on any atom is 0.339 e. The van der Waals surface area contributed by atoms with Crippen molar-refractivity contribution in [1.29, 1.82) is 0 Å². The summed E-state index contributed by atoms with van der Waals surface area (Å²) in [5.41, 5.74) is 17.2. The Labute approximate surface area is 238 Å². The maximum atomic E-state index is 13.8. The van der Waals surface area contributed by atoms with Crippen molar-refractivity contribution in [3.8, 4) is 17.0 Å². The number of primary amides is 1. The van der Waals surface area contributed by atoms with E-state index in [9.17, 15) is 19.5 Å². The molecule has 0 aliphatic heterocycles. The fraction of sp³-hybridized carbons (Fsp3) is 0.226. The van der Waals surface area contributed by atoms with Gasteiger partial charge in [-0.1, -0.05) is 36.4 Å². The Kier molecular flexibility index (Phi) is 8.84. The third kappa shape index (κ3) is 6.79. The summed E-state index contributed by atoms with van der Waals surface area (Å²) in [5, 5.41) is 9.64. The zero-order valence-corrected chi connectivity index (χ0v) is 23.2. The number of H-pyrrole nitrogens is 1. The van der Waals surface area contributed by atoms with Crippen molar-refractivity contribution in [1.82, 2.24) is 14.9 Å². The highest BCUT2D eigenvalue weighted by molar-refractivity contribution is 5.93. The van der Waals surface area contributed by atoms with E-state index in [4.69, 9.17) is 16.2 Å². The summed E-state index contributed by atoms with van der Waals surface area (Å²) >= 11 is 0. The molecule has 1 unspecified atom stereocenters. The highest BCUT2D eigenvalue weighted by atomic mass is 16.5. The number of benzene rings is 3. The number of carboxylic acid groups (broad SMARTS) is 1. The van der Waals surface area contributed by atoms with Gasteiger partial charge in [-0.15, -0.1) is 0 Å². The summed E-state index contributed by atoms with van der Waals surface area (Å²) in [6, 6.07) is 16.9. The number of amides is 2. The number of rotatable bonds is 11. The number of nitrogens with zero attached hydrogens (tertiary/aromatic N) is 2. The molecular formula is C31H33N5O5. The number of carbonyl (C=O) groups excluding carboxylic acids is 2. The molecule has 0 fully saturated rings. The van der Waals surface area contributed by atoms with Crippen LogP contribution in [0.5, 0.6) is 5.75 Å². The van der Waals surface area contributed by atoms with E-state index < -0.39 is 17.9 Å². The van der Waals surface area contributed by atoms with Crippen molar-refractivity contribution >= 4 is 17.8 Å². The molecule has 2 amide bonds. The number of nitrogens with two attached hydrogens (primary N) is 2. The van der Waals surface area contributed by atoms with Gasteiger partial charge in [-0.05, 0) is 72.4 Å². The third-order valence-electron chi connectivity index (χ3n) is 6.96. The number of aromatic amines is 1. The molecule has 0 spiro atoms. The first kappa shape index (κ1) is 29.0. The first-order valence-corrected chi connectivity index (χ1v) is 13.0. The molecule has 4 rings (SSSR count). The Morgan fingerprint density at radius 3 is 2.32 bits per heavy atom. The molecule has 3 aromatic carbocycles. The highest BCUT2D eigenvalue weighted by Gasteiger charge is 2.25. The number of methoxy groups -OCH3 is 1. The number of carboxylic acids is 1. The number of aromatic carboxylic acids is 1. The lowest BCUT2D eigenvalue weighted by Crippen LogP contribution is -2.44. The van der Waals surface area contributed by atoms with E-state index in [2.05, 4.69) is 9.97 Å². The summed E-state index contributed by atoms with van der Waals surface area (Å²) in [7, 11) is 1.40. The van der Waals surface area contributed by atoms with Crippen LogP contribution in [0.1, 0.15) is 48.8 Å². The molecule has 6 N–H and O–H groups in total. The quantitative estimate of drug-likeness (QED) is 0.220. The minimum Gasteiger partial charge on any atom is -0.496 e. The van der Waals surface area contributed by atoms with E-state index in [0.717, 1.165) is 27.9 Å². The summed E-state index contributed by atoms with van der Waals surface area (Å²) in [4.78, 5) is 46.6. The molecular weight excluding hydrogens is 522 g/mol. The average Bonchev–Trinajstić information content (AvgIpc) is 3.43. The van der Waals surface area contributed by atoms with Gasteiger partial charge in [0.25, 0.3) is 0 Å². The lowest BCUT2D eigenvalue weighted by Gasteiger charge is -2.26. The second-order valence-electron chi connectivity index (χ2n) is 9.91. The van der Waals surface area contributed by atoms with Gasteiger partial charge in [0.05, 0.1) is 31.6 Å². The summed E-state index contributed by atoms with van der Waals surface area (Å²) in [6.45, 7) is 3.91. The van der Waals surface area contributed by atoms with Gasteiger partial charge in [0, 0.05) is 12.1 Å². The number of nitrogens with one attached hydrogen (secondary N) is 1. The lowest BCUT2D eigenvalue weighted by molar-refractivity contribution is -0.134. The van der Waals surface area contributed by atoms with Gasteiger partial charge in [0.2, 0.25) is 11.8 Å². The zero-order valence-electron chi connectivity index (χ0n) is 23.2. The van der Waals surface area contributed by atoms with Crippen molar-refractivity contribution < 1.29 is 24.2 Å². The van der Waals surface area contributed by atoms with E-state index in [1.54, 1.807) is 35.4 Å². The number of ether oxygens (including phenoxy) is 1. The molecule has 41 heavy (non-hydrogen) atoms. The van der Waals surface area contributed by atoms with Gasteiger partial charge in [0.1, 0.15) is 17.1 Å². The van der Waals surface area contributed by atoms with Crippen LogP contribution in [0.2, 0.25) is 0 Å². The van der Waals surface area contributed by atoms with Crippen molar-refractivity contribution in [2.75, 3.05) is 7.11 Å². The molecule has 0 bridgehead atoms. The largest absolute Gasteiger partial charge is 0.496 e. The van der Waals surface area contributed by atoms with Crippen molar-refractivity contribution in [2.24, 2.45) is 11.5 Å². The Balaban J connectivity index is 1.63. The Bertz CT molecular complexity index is 1560. The number of aromatic nitrogens is 2. The van der Waals surface area contributed by atoms with Crippen molar-refractivity contribution in [3.05, 3.63) is 106 Å². The molecule has 1 aromatic heterocycles. The van der Waals surface area contributed by atoms with Gasteiger partial charge in [-0.3, -0.25) is 9.59 Å². The number of aryl methyl sites for hydroxylation is 2. The van der Waals surface area contributed by atoms with E-state index in [1.807, 2.05) is 44.2 Å². The predicted octanol–water partition coefficient (Wildman–Crippen LogP) is 3.60. The molecule has 10 nitrogen and oxygen atoms in total. The van der Waals surface area contributed by atoms with Crippen LogP contribution >= 0.6 is 0 Å². The van der Waals surface area contributed by atoms with Gasteiger partial charge in [0.15, 0.2) is 0 Å². The second kappa shape index (κ2) is 12.5. The molecule has 1 atom stereocenters. The smallest absolute Gasteiger partial charge is 0.339 e. The summed E-state index contributed by atoms with van der Waals surface area (Å²) < 4.78 is 5.18. The first-order chi connectivity index (χ1) is 19.6. The lowest BCUT2D eigenvalue weighted by atomic mass is 9.93. The van der Waals surface area contributed by atoms with Crippen LogP contribution in [-0.4, -0.2) is 50.9 Å². The minimum absolute atomic E-state index is 0.00755. The first-order valence-electron chi connectivity index (χ1n) is 13.0. The number of hydrogen-bond acceptors (Lipinski definition) is 6. The molecule has 0 aliphatic rings. The Morgan fingerprint density at radius 2 is 1.71 bits per heavy atom. The van der Waals surface area contributed by atoms with Crippen molar-refractivity contribution in [2.45, 2.75) is 39.4 Å². The van der Waals surface area contributed by atoms with Gasteiger partial charge in [-0.2, -0.15) is 0 Å². The fourth-order valence-electron chi connectivity index (χ4n) is 4.84. The maximum absolute atomic E-state index is 13.8. The van der Waals surface area contributed by atoms with Crippen LogP contribution in [0.15, 0.2) is 66.9 Å². The van der Waals surface area contributed by atoms with Crippen LogP contribution in [0, 0.1) is 13.8 Å².